The minimum absolute atomic E-state index is 0.136. The van der Waals surface area contributed by atoms with E-state index in [1.807, 2.05) is 23.9 Å². The van der Waals surface area contributed by atoms with Crippen LogP contribution in [0.3, 0.4) is 0 Å². The van der Waals surface area contributed by atoms with Crippen LogP contribution < -0.4 is 0 Å². The Hall–Kier alpha value is -2.07. The highest BCUT2D eigenvalue weighted by atomic mass is 32.2. The van der Waals surface area contributed by atoms with Gasteiger partial charge in [0.1, 0.15) is 0 Å². The van der Waals surface area contributed by atoms with Crippen molar-refractivity contribution >= 4 is 23.6 Å². The summed E-state index contributed by atoms with van der Waals surface area (Å²) in [5.74, 6) is 2.00. The maximum absolute atomic E-state index is 12.3. The predicted octanol–water partition coefficient (Wildman–Crippen LogP) is 5.17. The molecule has 1 aliphatic rings. The normalized spacial score (nSPS) is 13.3. The Balaban J connectivity index is 1.25. The van der Waals surface area contributed by atoms with E-state index < -0.39 is 0 Å². The topological polar surface area (TPSA) is 37.4 Å². The lowest BCUT2D eigenvalue weighted by molar-refractivity contribution is 0.0651. The van der Waals surface area contributed by atoms with Gasteiger partial charge >= 0.3 is 0 Å². The number of fused-ring (bicyclic) bond motifs is 1. The van der Waals surface area contributed by atoms with Gasteiger partial charge in [-0.3, -0.25) is 14.5 Å². The molecular formula is C22H25NO2S. The van der Waals surface area contributed by atoms with Crippen molar-refractivity contribution in [3.05, 3.63) is 71.3 Å². The molecule has 0 fully saturated rings. The molecule has 0 unspecified atom stereocenters. The number of hydrogen-bond acceptors (Lipinski definition) is 3. The van der Waals surface area contributed by atoms with Crippen molar-refractivity contribution in [2.24, 2.45) is 0 Å². The smallest absolute Gasteiger partial charge is 0.261 e. The van der Waals surface area contributed by atoms with E-state index in [0.29, 0.717) is 17.7 Å². The summed E-state index contributed by atoms with van der Waals surface area (Å²) in [6, 6.07) is 17.7. The lowest BCUT2D eigenvalue weighted by atomic mass is 10.1. The zero-order chi connectivity index (χ0) is 18.2. The van der Waals surface area contributed by atoms with Crippen molar-refractivity contribution < 1.29 is 9.59 Å². The first-order valence-corrected chi connectivity index (χ1v) is 10.5. The fraction of sp³-hybridized carbons (Fsp3) is 0.364. The lowest BCUT2D eigenvalue weighted by Crippen LogP contribution is -2.30. The van der Waals surface area contributed by atoms with Crippen molar-refractivity contribution in [2.45, 2.75) is 37.9 Å². The first kappa shape index (κ1) is 18.7. The van der Waals surface area contributed by atoms with Gasteiger partial charge in [-0.2, -0.15) is 11.8 Å². The first-order chi connectivity index (χ1) is 12.8. The quantitative estimate of drug-likeness (QED) is 0.430. The van der Waals surface area contributed by atoms with Crippen LogP contribution in [0.1, 0.15) is 58.4 Å². The first-order valence-electron chi connectivity index (χ1n) is 9.34. The van der Waals surface area contributed by atoms with E-state index in [1.165, 1.54) is 29.1 Å². The van der Waals surface area contributed by atoms with Gasteiger partial charge in [0.25, 0.3) is 11.8 Å². The van der Waals surface area contributed by atoms with Crippen LogP contribution in [0.2, 0.25) is 0 Å². The number of thioether (sulfide) groups is 1. The van der Waals surface area contributed by atoms with Crippen molar-refractivity contribution in [3.63, 3.8) is 0 Å². The van der Waals surface area contributed by atoms with Gasteiger partial charge in [-0.1, -0.05) is 61.7 Å². The molecule has 0 bridgehead atoms. The highest BCUT2D eigenvalue weighted by Crippen LogP contribution is 2.23. The van der Waals surface area contributed by atoms with Gasteiger partial charge in [-0.25, -0.2) is 0 Å². The van der Waals surface area contributed by atoms with Crippen molar-refractivity contribution in [3.8, 4) is 0 Å². The standard InChI is InChI=1S/C22H25NO2S/c24-21-19-13-7-8-14-20(19)22(25)23(21)15-9-2-1-3-10-16-26-17-18-11-5-4-6-12-18/h4-8,11-14H,1-3,9-10,15-17H2. The summed E-state index contributed by atoms with van der Waals surface area (Å²) in [6.45, 7) is 0.537. The second-order valence-corrected chi connectivity index (χ2v) is 7.72. The number of carbonyl (C=O) groups excluding carboxylic acids is 2. The second kappa shape index (κ2) is 9.58. The third kappa shape index (κ3) is 4.76. The average molecular weight is 368 g/mol. The molecule has 4 heteroatoms. The van der Waals surface area contributed by atoms with Crippen LogP contribution in [0, 0.1) is 0 Å². The number of amides is 2. The summed E-state index contributed by atoms with van der Waals surface area (Å²) >= 11 is 1.99. The zero-order valence-electron chi connectivity index (χ0n) is 15.0. The Morgan fingerprint density at radius 2 is 1.27 bits per heavy atom. The van der Waals surface area contributed by atoms with Gasteiger partial charge in [0.2, 0.25) is 0 Å². The van der Waals surface area contributed by atoms with Crippen LogP contribution in [0.5, 0.6) is 0 Å². The van der Waals surface area contributed by atoms with Crippen LogP contribution in [0.4, 0.5) is 0 Å². The fourth-order valence-electron chi connectivity index (χ4n) is 3.21. The van der Waals surface area contributed by atoms with Gasteiger partial charge in [-0.15, -0.1) is 0 Å². The summed E-state index contributed by atoms with van der Waals surface area (Å²) in [7, 11) is 0. The second-order valence-electron chi connectivity index (χ2n) is 6.61. The molecular weight excluding hydrogens is 342 g/mol. The SMILES string of the molecule is O=C1c2ccccc2C(=O)N1CCCCCCCSCc1ccccc1. The maximum atomic E-state index is 12.3. The lowest BCUT2D eigenvalue weighted by Gasteiger charge is -2.13. The summed E-state index contributed by atoms with van der Waals surface area (Å²) in [6.07, 6.45) is 5.56. The van der Waals surface area contributed by atoms with Crippen LogP contribution in [0.25, 0.3) is 0 Å². The molecule has 1 heterocycles. The van der Waals surface area contributed by atoms with Gasteiger partial charge < -0.3 is 0 Å². The number of nitrogens with zero attached hydrogens (tertiary/aromatic N) is 1. The van der Waals surface area contributed by atoms with E-state index in [2.05, 4.69) is 30.3 Å². The number of hydrogen-bond donors (Lipinski definition) is 0. The summed E-state index contributed by atoms with van der Waals surface area (Å²) in [5.41, 5.74) is 2.49. The Bertz CT molecular complexity index is 710. The minimum Gasteiger partial charge on any atom is -0.274 e. The molecule has 26 heavy (non-hydrogen) atoms. The Kier molecular flexibility index (Phi) is 6.89. The molecule has 0 aromatic heterocycles. The highest BCUT2D eigenvalue weighted by molar-refractivity contribution is 7.98. The maximum Gasteiger partial charge on any atom is 0.261 e. The fourth-order valence-corrected chi connectivity index (χ4v) is 4.19. The molecule has 2 aromatic carbocycles. The molecule has 0 aliphatic carbocycles. The van der Waals surface area contributed by atoms with Crippen LogP contribution >= 0.6 is 11.8 Å². The van der Waals surface area contributed by atoms with Crippen molar-refractivity contribution in [1.29, 1.82) is 0 Å². The molecule has 3 nitrogen and oxygen atoms in total. The molecule has 0 atom stereocenters. The number of unbranched alkanes of at least 4 members (excludes halogenated alkanes) is 4. The molecule has 0 radical (unpaired) electrons. The number of benzene rings is 2. The average Bonchev–Trinajstić information content (AvgIpc) is 2.92. The zero-order valence-corrected chi connectivity index (χ0v) is 15.8. The predicted molar refractivity (Wildman–Crippen MR) is 107 cm³/mol. The third-order valence-electron chi connectivity index (χ3n) is 4.66. The summed E-state index contributed by atoms with van der Waals surface area (Å²) in [5, 5.41) is 0. The highest BCUT2D eigenvalue weighted by Gasteiger charge is 2.34. The Labute approximate surface area is 159 Å². The largest absolute Gasteiger partial charge is 0.274 e. The Morgan fingerprint density at radius 1 is 0.692 bits per heavy atom. The van der Waals surface area contributed by atoms with Crippen LogP contribution in [0.15, 0.2) is 54.6 Å². The molecule has 1 aliphatic heterocycles. The number of rotatable bonds is 10. The summed E-state index contributed by atoms with van der Waals surface area (Å²) in [4.78, 5) is 25.9. The van der Waals surface area contributed by atoms with Crippen molar-refractivity contribution in [1.82, 2.24) is 4.90 Å². The molecule has 0 saturated heterocycles. The van der Waals surface area contributed by atoms with Crippen LogP contribution in [-0.2, 0) is 5.75 Å². The van der Waals surface area contributed by atoms with E-state index in [9.17, 15) is 9.59 Å². The molecule has 2 aromatic rings. The van der Waals surface area contributed by atoms with Crippen molar-refractivity contribution in [2.75, 3.05) is 12.3 Å². The molecule has 3 rings (SSSR count). The van der Waals surface area contributed by atoms with Gasteiger partial charge in [0.05, 0.1) is 11.1 Å². The number of imide groups is 1. The van der Waals surface area contributed by atoms with Gasteiger partial charge in [0.15, 0.2) is 0 Å². The minimum atomic E-state index is -0.136. The monoisotopic (exact) mass is 367 g/mol. The summed E-state index contributed by atoms with van der Waals surface area (Å²) < 4.78 is 0. The van der Waals surface area contributed by atoms with Gasteiger partial charge in [-0.05, 0) is 36.3 Å². The molecule has 136 valence electrons. The van der Waals surface area contributed by atoms with Crippen LogP contribution in [-0.4, -0.2) is 29.0 Å². The van der Waals surface area contributed by atoms with E-state index in [0.717, 1.165) is 25.0 Å². The van der Waals surface area contributed by atoms with E-state index >= 15 is 0 Å². The number of carbonyl (C=O) groups is 2. The Morgan fingerprint density at radius 3 is 1.96 bits per heavy atom. The van der Waals surface area contributed by atoms with E-state index in [1.54, 1.807) is 12.1 Å². The van der Waals surface area contributed by atoms with E-state index in [-0.39, 0.29) is 11.8 Å². The molecule has 0 saturated carbocycles. The third-order valence-corrected chi connectivity index (χ3v) is 5.77. The van der Waals surface area contributed by atoms with E-state index in [4.69, 9.17) is 0 Å². The van der Waals surface area contributed by atoms with Gasteiger partial charge in [0, 0.05) is 12.3 Å². The molecule has 0 N–H and O–H groups in total. The molecule has 0 spiro atoms. The molecule has 2 amide bonds.